The zero-order valence-electron chi connectivity index (χ0n) is 12.8. The van der Waals surface area contributed by atoms with Crippen molar-refractivity contribution in [3.05, 3.63) is 29.3 Å². The number of carboxylic acids is 1. The first-order chi connectivity index (χ1) is 10.9. The van der Waals surface area contributed by atoms with Gasteiger partial charge in [-0.3, -0.25) is 9.59 Å². The third-order valence-corrected chi connectivity index (χ3v) is 4.04. The van der Waals surface area contributed by atoms with Gasteiger partial charge in [0.05, 0.1) is 7.11 Å². The number of methoxy groups -OCH3 is 1. The van der Waals surface area contributed by atoms with Gasteiger partial charge < -0.3 is 14.7 Å². The molecule has 0 aliphatic carbocycles. The fourth-order valence-corrected chi connectivity index (χ4v) is 2.84. The van der Waals surface area contributed by atoms with Crippen molar-refractivity contribution >= 4 is 11.9 Å². The SMILES string of the molecule is COc1cc(F)c(C(=O)N2CCC[C@@H](CCC(=O)O)C2)c(F)c1. The Morgan fingerprint density at radius 3 is 2.57 bits per heavy atom. The van der Waals surface area contributed by atoms with Crippen molar-refractivity contribution in [3.63, 3.8) is 0 Å². The number of nitrogens with zero attached hydrogens (tertiary/aromatic N) is 1. The van der Waals surface area contributed by atoms with Gasteiger partial charge in [-0.15, -0.1) is 0 Å². The molecule has 1 aromatic rings. The summed E-state index contributed by atoms with van der Waals surface area (Å²) in [5, 5.41) is 8.73. The number of rotatable bonds is 5. The summed E-state index contributed by atoms with van der Waals surface area (Å²) < 4.78 is 32.8. The van der Waals surface area contributed by atoms with E-state index in [-0.39, 0.29) is 18.1 Å². The molecule has 0 bridgehead atoms. The Morgan fingerprint density at radius 1 is 1.35 bits per heavy atom. The molecule has 1 aromatic carbocycles. The van der Waals surface area contributed by atoms with E-state index in [9.17, 15) is 18.4 Å². The Hall–Kier alpha value is -2.18. The van der Waals surface area contributed by atoms with Crippen LogP contribution in [0.5, 0.6) is 5.75 Å². The number of amides is 1. The molecule has 1 aliphatic rings. The zero-order chi connectivity index (χ0) is 17.0. The maximum atomic E-state index is 14.0. The molecule has 1 heterocycles. The second-order valence-electron chi connectivity index (χ2n) is 5.66. The maximum Gasteiger partial charge on any atom is 0.303 e. The quantitative estimate of drug-likeness (QED) is 0.903. The Morgan fingerprint density at radius 2 is 2.00 bits per heavy atom. The second-order valence-corrected chi connectivity index (χ2v) is 5.66. The van der Waals surface area contributed by atoms with Gasteiger partial charge in [-0.2, -0.15) is 0 Å². The molecule has 2 rings (SSSR count). The molecule has 1 N–H and O–H groups in total. The molecule has 0 unspecified atom stereocenters. The van der Waals surface area contributed by atoms with Gasteiger partial charge in [0.25, 0.3) is 5.91 Å². The molecule has 0 radical (unpaired) electrons. The lowest BCUT2D eigenvalue weighted by molar-refractivity contribution is -0.137. The Balaban J connectivity index is 2.12. The molecule has 7 heteroatoms. The van der Waals surface area contributed by atoms with E-state index in [1.54, 1.807) is 0 Å². The monoisotopic (exact) mass is 327 g/mol. The van der Waals surface area contributed by atoms with Crippen LogP contribution in [-0.2, 0) is 4.79 Å². The number of likely N-dealkylation sites (tertiary alicyclic amines) is 1. The van der Waals surface area contributed by atoms with Crippen LogP contribution in [0, 0.1) is 17.6 Å². The lowest BCUT2D eigenvalue weighted by atomic mass is 9.93. The molecule has 1 fully saturated rings. The van der Waals surface area contributed by atoms with Crippen LogP contribution in [-0.4, -0.2) is 42.1 Å². The van der Waals surface area contributed by atoms with Crippen LogP contribution in [0.25, 0.3) is 0 Å². The number of benzene rings is 1. The van der Waals surface area contributed by atoms with Crippen LogP contribution in [0.2, 0.25) is 0 Å². The van der Waals surface area contributed by atoms with Crippen molar-refractivity contribution in [2.24, 2.45) is 5.92 Å². The summed E-state index contributed by atoms with van der Waals surface area (Å²) in [6, 6.07) is 1.95. The maximum absolute atomic E-state index is 14.0. The van der Waals surface area contributed by atoms with E-state index >= 15 is 0 Å². The van der Waals surface area contributed by atoms with Crippen LogP contribution >= 0.6 is 0 Å². The second kappa shape index (κ2) is 7.39. The van der Waals surface area contributed by atoms with Crippen molar-refractivity contribution in [2.75, 3.05) is 20.2 Å². The highest BCUT2D eigenvalue weighted by atomic mass is 19.1. The molecule has 1 amide bonds. The predicted octanol–water partition coefficient (Wildman–Crippen LogP) is 2.69. The van der Waals surface area contributed by atoms with Gasteiger partial charge in [0.15, 0.2) is 0 Å². The number of ether oxygens (including phenoxy) is 1. The van der Waals surface area contributed by atoms with Crippen LogP contribution in [0.1, 0.15) is 36.0 Å². The third-order valence-electron chi connectivity index (χ3n) is 4.04. The number of carboxylic acid groups (broad SMARTS) is 1. The van der Waals surface area contributed by atoms with E-state index in [1.807, 2.05) is 0 Å². The van der Waals surface area contributed by atoms with Gasteiger partial charge in [0.2, 0.25) is 0 Å². The topological polar surface area (TPSA) is 66.8 Å². The van der Waals surface area contributed by atoms with Gasteiger partial charge in [-0.1, -0.05) is 0 Å². The van der Waals surface area contributed by atoms with Crippen LogP contribution < -0.4 is 4.74 Å². The number of hydrogen-bond acceptors (Lipinski definition) is 3. The zero-order valence-corrected chi connectivity index (χ0v) is 12.8. The average Bonchev–Trinajstić information content (AvgIpc) is 2.52. The Bertz CT molecular complexity index is 583. The summed E-state index contributed by atoms with van der Waals surface area (Å²) in [6.45, 7) is 0.727. The standard InChI is InChI=1S/C16H19F2NO4/c1-23-11-7-12(17)15(13(18)8-11)16(22)19-6-2-3-10(9-19)4-5-14(20)21/h7-8,10H,2-6,9H2,1H3,(H,20,21)/t10-/m0/s1. The lowest BCUT2D eigenvalue weighted by Crippen LogP contribution is -2.40. The normalized spacial score (nSPS) is 17.9. The lowest BCUT2D eigenvalue weighted by Gasteiger charge is -2.32. The average molecular weight is 327 g/mol. The number of aliphatic carboxylic acids is 1. The van der Waals surface area contributed by atoms with Gasteiger partial charge in [-0.05, 0) is 25.2 Å². The minimum Gasteiger partial charge on any atom is -0.497 e. The summed E-state index contributed by atoms with van der Waals surface area (Å²) in [4.78, 5) is 24.4. The van der Waals surface area contributed by atoms with E-state index in [2.05, 4.69) is 0 Å². The molecule has 0 spiro atoms. The van der Waals surface area contributed by atoms with Crippen molar-refractivity contribution in [2.45, 2.75) is 25.7 Å². The largest absolute Gasteiger partial charge is 0.497 e. The molecule has 1 atom stereocenters. The summed E-state index contributed by atoms with van der Waals surface area (Å²) >= 11 is 0. The van der Waals surface area contributed by atoms with Crippen molar-refractivity contribution in [1.82, 2.24) is 4.90 Å². The first kappa shape index (κ1) is 17.2. The molecule has 23 heavy (non-hydrogen) atoms. The first-order valence-electron chi connectivity index (χ1n) is 7.46. The van der Waals surface area contributed by atoms with Gasteiger partial charge >= 0.3 is 5.97 Å². The Labute approximate surface area is 132 Å². The number of piperidine rings is 1. The van der Waals surface area contributed by atoms with Crippen molar-refractivity contribution < 1.29 is 28.2 Å². The van der Waals surface area contributed by atoms with E-state index in [0.29, 0.717) is 25.9 Å². The van der Waals surface area contributed by atoms with Crippen LogP contribution in [0.15, 0.2) is 12.1 Å². The van der Waals surface area contributed by atoms with E-state index in [4.69, 9.17) is 9.84 Å². The number of halogens is 2. The molecule has 126 valence electrons. The molecular weight excluding hydrogens is 308 g/mol. The van der Waals surface area contributed by atoms with Crippen molar-refractivity contribution in [1.29, 1.82) is 0 Å². The highest BCUT2D eigenvalue weighted by Crippen LogP contribution is 2.26. The minimum atomic E-state index is -0.959. The Kier molecular flexibility index (Phi) is 5.52. The van der Waals surface area contributed by atoms with Gasteiger partial charge in [-0.25, -0.2) is 8.78 Å². The molecule has 0 saturated carbocycles. The number of hydrogen-bond donors (Lipinski definition) is 1. The molecule has 1 aliphatic heterocycles. The first-order valence-corrected chi connectivity index (χ1v) is 7.46. The summed E-state index contributed by atoms with van der Waals surface area (Å²) in [7, 11) is 1.29. The van der Waals surface area contributed by atoms with Crippen LogP contribution in [0.4, 0.5) is 8.78 Å². The predicted molar refractivity (Wildman–Crippen MR) is 78.4 cm³/mol. The highest BCUT2D eigenvalue weighted by molar-refractivity contribution is 5.95. The fraction of sp³-hybridized carbons (Fsp3) is 0.500. The minimum absolute atomic E-state index is 0.00882. The summed E-state index contributed by atoms with van der Waals surface area (Å²) in [5.41, 5.74) is -0.593. The van der Waals surface area contributed by atoms with Gasteiger partial charge in [0, 0.05) is 31.6 Å². The van der Waals surface area contributed by atoms with E-state index < -0.39 is 29.1 Å². The molecular formula is C16H19F2NO4. The molecule has 1 saturated heterocycles. The van der Waals surface area contributed by atoms with E-state index in [1.165, 1.54) is 12.0 Å². The van der Waals surface area contributed by atoms with Gasteiger partial charge in [0.1, 0.15) is 22.9 Å². The third kappa shape index (κ3) is 4.18. The fourth-order valence-electron chi connectivity index (χ4n) is 2.84. The van der Waals surface area contributed by atoms with Crippen LogP contribution in [0.3, 0.4) is 0 Å². The summed E-state index contributed by atoms with van der Waals surface area (Å²) in [6.07, 6.45) is 1.98. The highest BCUT2D eigenvalue weighted by Gasteiger charge is 2.28. The number of carbonyl (C=O) groups is 2. The summed E-state index contributed by atoms with van der Waals surface area (Å²) in [5.74, 6) is -3.47. The van der Waals surface area contributed by atoms with E-state index in [0.717, 1.165) is 18.6 Å². The molecule has 5 nitrogen and oxygen atoms in total. The number of carbonyl (C=O) groups excluding carboxylic acids is 1. The van der Waals surface area contributed by atoms with Crippen molar-refractivity contribution in [3.8, 4) is 5.75 Å². The smallest absolute Gasteiger partial charge is 0.303 e. The molecule has 0 aromatic heterocycles.